The molecule has 1 aliphatic carbocycles. The van der Waals surface area contributed by atoms with Crippen LogP contribution in [0.4, 0.5) is 5.13 Å². The van der Waals surface area contributed by atoms with Crippen LogP contribution in [0.25, 0.3) is 11.3 Å². The smallest absolute Gasteiger partial charge is 0.229 e. The number of carbonyl (C=O) groups excluding carboxylic acids is 1. The SMILES string of the molecule is Cc1sc(NC(=O)C2CCCCC2)nc1-c1ccc(C(C)(C)C)cc1. The van der Waals surface area contributed by atoms with Gasteiger partial charge in [-0.3, -0.25) is 4.79 Å². The van der Waals surface area contributed by atoms with Gasteiger partial charge < -0.3 is 5.32 Å². The van der Waals surface area contributed by atoms with Crippen molar-refractivity contribution in [2.45, 2.75) is 65.2 Å². The number of aryl methyl sites for hydroxylation is 1. The van der Waals surface area contributed by atoms with Crippen LogP contribution in [0.15, 0.2) is 24.3 Å². The van der Waals surface area contributed by atoms with E-state index in [-0.39, 0.29) is 17.2 Å². The number of thiazole rings is 1. The minimum absolute atomic E-state index is 0.142. The van der Waals surface area contributed by atoms with Gasteiger partial charge in [-0.15, -0.1) is 11.3 Å². The summed E-state index contributed by atoms with van der Waals surface area (Å²) in [5.41, 5.74) is 3.55. The highest BCUT2D eigenvalue weighted by Crippen LogP contribution is 2.33. The van der Waals surface area contributed by atoms with E-state index in [1.165, 1.54) is 24.8 Å². The lowest BCUT2D eigenvalue weighted by molar-refractivity contribution is -0.120. The lowest BCUT2D eigenvalue weighted by atomic mass is 9.86. The predicted molar refractivity (Wildman–Crippen MR) is 106 cm³/mol. The van der Waals surface area contributed by atoms with E-state index in [0.29, 0.717) is 0 Å². The van der Waals surface area contributed by atoms with Crippen molar-refractivity contribution in [1.82, 2.24) is 4.98 Å². The number of nitrogens with zero attached hydrogens (tertiary/aromatic N) is 1. The Morgan fingerprint density at radius 3 is 2.36 bits per heavy atom. The molecule has 2 aromatic rings. The first-order chi connectivity index (χ1) is 11.8. The van der Waals surface area contributed by atoms with Crippen molar-refractivity contribution in [3.05, 3.63) is 34.7 Å². The van der Waals surface area contributed by atoms with Crippen LogP contribution >= 0.6 is 11.3 Å². The van der Waals surface area contributed by atoms with E-state index >= 15 is 0 Å². The highest BCUT2D eigenvalue weighted by molar-refractivity contribution is 7.16. The molecule has 3 rings (SSSR count). The van der Waals surface area contributed by atoms with Crippen molar-refractivity contribution >= 4 is 22.4 Å². The Morgan fingerprint density at radius 1 is 1.12 bits per heavy atom. The van der Waals surface area contributed by atoms with Crippen molar-refractivity contribution in [2.24, 2.45) is 5.92 Å². The van der Waals surface area contributed by atoms with E-state index in [9.17, 15) is 4.79 Å². The molecule has 134 valence electrons. The van der Waals surface area contributed by atoms with E-state index in [4.69, 9.17) is 4.98 Å². The molecular formula is C21H28N2OS. The van der Waals surface area contributed by atoms with Crippen molar-refractivity contribution in [3.63, 3.8) is 0 Å². The second-order valence-corrected chi connectivity index (χ2v) is 9.28. The van der Waals surface area contributed by atoms with Gasteiger partial charge in [0.15, 0.2) is 5.13 Å². The fourth-order valence-electron chi connectivity index (χ4n) is 3.42. The minimum atomic E-state index is 0.142. The molecule has 0 bridgehead atoms. The molecule has 1 amide bonds. The highest BCUT2D eigenvalue weighted by atomic mass is 32.1. The van der Waals surface area contributed by atoms with Gasteiger partial charge in [-0.2, -0.15) is 0 Å². The lowest BCUT2D eigenvalue weighted by Crippen LogP contribution is -2.24. The summed E-state index contributed by atoms with van der Waals surface area (Å²) in [7, 11) is 0. The van der Waals surface area contributed by atoms with Gasteiger partial charge in [0, 0.05) is 16.4 Å². The van der Waals surface area contributed by atoms with Gasteiger partial charge in [0.25, 0.3) is 0 Å². The summed E-state index contributed by atoms with van der Waals surface area (Å²) < 4.78 is 0. The second kappa shape index (κ2) is 7.28. The topological polar surface area (TPSA) is 42.0 Å². The first-order valence-electron chi connectivity index (χ1n) is 9.24. The van der Waals surface area contributed by atoms with Crippen molar-refractivity contribution in [2.75, 3.05) is 5.32 Å². The third-order valence-corrected chi connectivity index (χ3v) is 5.91. The van der Waals surface area contributed by atoms with Crippen molar-refractivity contribution in [1.29, 1.82) is 0 Å². The summed E-state index contributed by atoms with van der Waals surface area (Å²) in [6, 6.07) is 8.62. The summed E-state index contributed by atoms with van der Waals surface area (Å²) in [6.45, 7) is 8.72. The molecule has 25 heavy (non-hydrogen) atoms. The van der Waals surface area contributed by atoms with E-state index in [0.717, 1.165) is 34.1 Å². The van der Waals surface area contributed by atoms with Gasteiger partial charge in [-0.25, -0.2) is 4.98 Å². The van der Waals surface area contributed by atoms with Crippen LogP contribution < -0.4 is 5.32 Å². The Balaban J connectivity index is 1.74. The second-order valence-electron chi connectivity index (χ2n) is 8.08. The molecule has 1 aromatic carbocycles. The Kier molecular flexibility index (Phi) is 5.28. The normalized spacial score (nSPS) is 16.0. The maximum atomic E-state index is 12.4. The van der Waals surface area contributed by atoms with Gasteiger partial charge in [-0.1, -0.05) is 64.3 Å². The number of hydrogen-bond donors (Lipinski definition) is 1. The summed E-state index contributed by atoms with van der Waals surface area (Å²) in [5.74, 6) is 0.301. The molecule has 0 saturated heterocycles. The number of rotatable bonds is 3. The molecule has 1 aromatic heterocycles. The molecule has 0 aliphatic heterocycles. The van der Waals surface area contributed by atoms with Crippen LogP contribution in [-0.2, 0) is 10.2 Å². The molecule has 0 atom stereocenters. The van der Waals surface area contributed by atoms with Crippen LogP contribution in [0.2, 0.25) is 0 Å². The first kappa shape index (κ1) is 18.1. The molecule has 1 N–H and O–H groups in total. The van der Waals surface area contributed by atoms with E-state index in [2.05, 4.69) is 57.3 Å². The number of anilines is 1. The molecule has 3 nitrogen and oxygen atoms in total. The molecule has 4 heteroatoms. The molecule has 1 saturated carbocycles. The fourth-order valence-corrected chi connectivity index (χ4v) is 4.26. The Hall–Kier alpha value is -1.68. The molecule has 0 spiro atoms. The number of amides is 1. The standard InChI is InChI=1S/C21H28N2OS/c1-14-18(15-10-12-17(13-11-15)21(2,3)4)22-20(25-14)23-19(24)16-8-6-5-7-9-16/h10-13,16H,5-9H2,1-4H3,(H,22,23,24). The van der Waals surface area contributed by atoms with Crippen LogP contribution in [0.1, 0.15) is 63.3 Å². The third kappa shape index (κ3) is 4.30. The van der Waals surface area contributed by atoms with Gasteiger partial charge >= 0.3 is 0 Å². The van der Waals surface area contributed by atoms with Crippen molar-refractivity contribution in [3.8, 4) is 11.3 Å². The number of hydrogen-bond acceptors (Lipinski definition) is 3. The van der Waals surface area contributed by atoms with Crippen molar-refractivity contribution < 1.29 is 4.79 Å². The molecular weight excluding hydrogens is 328 g/mol. The van der Waals surface area contributed by atoms with E-state index < -0.39 is 0 Å². The zero-order valence-electron chi connectivity index (χ0n) is 15.7. The highest BCUT2D eigenvalue weighted by Gasteiger charge is 2.22. The monoisotopic (exact) mass is 356 g/mol. The quantitative estimate of drug-likeness (QED) is 0.740. The zero-order chi connectivity index (χ0) is 18.0. The van der Waals surface area contributed by atoms with Gasteiger partial charge in [0.05, 0.1) is 5.69 Å². The number of carbonyl (C=O) groups is 1. The average Bonchev–Trinajstić information content (AvgIpc) is 2.95. The van der Waals surface area contributed by atoms with Gasteiger partial charge in [0.2, 0.25) is 5.91 Å². The Labute approximate surface area is 154 Å². The van der Waals surface area contributed by atoms with Crippen LogP contribution in [0, 0.1) is 12.8 Å². The largest absolute Gasteiger partial charge is 0.302 e. The van der Waals surface area contributed by atoms with Gasteiger partial charge in [0.1, 0.15) is 0 Å². The third-order valence-electron chi connectivity index (χ3n) is 5.03. The van der Waals surface area contributed by atoms with Crippen LogP contribution in [0.3, 0.4) is 0 Å². The van der Waals surface area contributed by atoms with Crippen LogP contribution in [0.5, 0.6) is 0 Å². The van der Waals surface area contributed by atoms with E-state index in [1.807, 2.05) is 0 Å². The first-order valence-corrected chi connectivity index (χ1v) is 10.1. The molecule has 1 heterocycles. The summed E-state index contributed by atoms with van der Waals surface area (Å²) >= 11 is 1.57. The molecule has 0 radical (unpaired) electrons. The Bertz CT molecular complexity index is 734. The maximum Gasteiger partial charge on any atom is 0.229 e. The summed E-state index contributed by atoms with van der Waals surface area (Å²) in [5, 5.41) is 3.77. The fraction of sp³-hybridized carbons (Fsp3) is 0.524. The summed E-state index contributed by atoms with van der Waals surface area (Å²) in [4.78, 5) is 18.3. The zero-order valence-corrected chi connectivity index (χ0v) is 16.5. The predicted octanol–water partition coefficient (Wildman–Crippen LogP) is 5.93. The average molecular weight is 357 g/mol. The number of nitrogens with one attached hydrogen (secondary N) is 1. The molecule has 1 fully saturated rings. The van der Waals surface area contributed by atoms with Gasteiger partial charge in [-0.05, 0) is 30.7 Å². The van der Waals surface area contributed by atoms with Crippen LogP contribution in [-0.4, -0.2) is 10.9 Å². The van der Waals surface area contributed by atoms with E-state index in [1.54, 1.807) is 11.3 Å². The Morgan fingerprint density at radius 2 is 1.76 bits per heavy atom. The lowest BCUT2D eigenvalue weighted by Gasteiger charge is -2.19. The molecule has 0 unspecified atom stereocenters. The summed E-state index contributed by atoms with van der Waals surface area (Å²) in [6.07, 6.45) is 5.62. The molecule has 1 aliphatic rings. The number of aromatic nitrogens is 1. The minimum Gasteiger partial charge on any atom is -0.302 e. The maximum absolute atomic E-state index is 12.4. The number of benzene rings is 1.